The van der Waals surface area contributed by atoms with Crippen molar-refractivity contribution in [3.8, 4) is 24.0 Å². The molecule has 1 N–H and O–H groups in total. The van der Waals surface area contributed by atoms with Gasteiger partial charge in [0.15, 0.2) is 0 Å². The van der Waals surface area contributed by atoms with E-state index in [4.69, 9.17) is 0 Å². The monoisotopic (exact) mass is 678 g/mol. The molecule has 1 saturated heterocycles. The Bertz CT molecular complexity index is 850. The summed E-state index contributed by atoms with van der Waals surface area (Å²) in [6.07, 6.45) is 11.6. The first-order valence-electron chi connectivity index (χ1n) is 13.4. The Morgan fingerprint density at radius 1 is 1.03 bits per heavy atom. The first-order valence-corrected chi connectivity index (χ1v) is 16.8. The van der Waals surface area contributed by atoms with E-state index in [2.05, 4.69) is 39.2 Å². The van der Waals surface area contributed by atoms with E-state index in [9.17, 15) is 13.6 Å². The van der Waals surface area contributed by atoms with Crippen LogP contribution in [0.5, 0.6) is 0 Å². The zero-order valence-corrected chi connectivity index (χ0v) is 28.4. The number of terminal acetylenes is 1. The van der Waals surface area contributed by atoms with Crippen molar-refractivity contribution < 1.29 is 13.6 Å². The standard InChI is InChI=1S/C20H23F2IN4OS.4C2H6.C2H2/c1-3-9-24-18(15-25-17-6-4-16(5-7-17)20(2,21)22)26-10-12-27(13-11-26)19(28)8-14-29-23;5*1-2/h3-7,9,25H,10-13,15H2,1-2H3;4*1-2H3;1-2H/b9-3-,24-18?;;;;;. The molecule has 0 saturated carbocycles. The molecule has 1 heterocycles. The number of nitrogens with zero attached hydrogens (tertiary/aromatic N) is 3. The molecule has 1 aromatic carbocycles. The van der Waals surface area contributed by atoms with Gasteiger partial charge in [-0.25, -0.2) is 13.8 Å². The number of alkyl halides is 2. The smallest absolute Gasteiger partial charge is 0.299 e. The fourth-order valence-corrected chi connectivity index (χ4v) is 3.23. The molecule has 2 rings (SSSR count). The highest BCUT2D eigenvalue weighted by molar-refractivity contribution is 14.2. The molecule has 0 unspecified atom stereocenters. The van der Waals surface area contributed by atoms with Crippen LogP contribution in [-0.4, -0.2) is 54.3 Å². The van der Waals surface area contributed by atoms with Crippen LogP contribution in [0.1, 0.15) is 74.8 Å². The first-order chi connectivity index (χ1) is 18.8. The molecule has 9 heteroatoms. The maximum Gasteiger partial charge on any atom is 0.299 e. The summed E-state index contributed by atoms with van der Waals surface area (Å²) in [6.45, 7) is 21.7. The fraction of sp³-hybridized carbons (Fsp3) is 0.533. The average molecular weight is 679 g/mol. The molecule has 39 heavy (non-hydrogen) atoms. The van der Waals surface area contributed by atoms with Gasteiger partial charge in [-0.1, -0.05) is 73.6 Å². The second-order valence-corrected chi connectivity index (χ2v) is 8.11. The van der Waals surface area contributed by atoms with E-state index in [0.29, 0.717) is 32.7 Å². The van der Waals surface area contributed by atoms with Gasteiger partial charge in [0.2, 0.25) is 0 Å². The van der Waals surface area contributed by atoms with Crippen LogP contribution < -0.4 is 5.32 Å². The molecule has 0 aromatic heterocycles. The van der Waals surface area contributed by atoms with Crippen LogP contribution in [0.15, 0.2) is 41.5 Å². The van der Waals surface area contributed by atoms with Gasteiger partial charge in [-0.2, -0.15) is 0 Å². The zero-order valence-electron chi connectivity index (χ0n) is 25.4. The number of rotatable bonds is 5. The van der Waals surface area contributed by atoms with E-state index in [1.807, 2.05) is 89.6 Å². The molecule has 5 nitrogen and oxygen atoms in total. The minimum atomic E-state index is -2.85. The van der Waals surface area contributed by atoms with Crippen molar-refractivity contribution in [1.29, 1.82) is 0 Å². The number of amides is 1. The lowest BCUT2D eigenvalue weighted by Crippen LogP contribution is -2.51. The van der Waals surface area contributed by atoms with Crippen molar-refractivity contribution in [2.24, 2.45) is 4.99 Å². The number of hydrogen-bond acceptors (Lipinski definition) is 4. The summed E-state index contributed by atoms with van der Waals surface area (Å²) in [5.74, 6) is 0.423. The molecule has 0 aliphatic carbocycles. The number of benzene rings is 1. The summed E-state index contributed by atoms with van der Waals surface area (Å²) in [5, 5.41) is 5.95. The molecular formula is C30H49F2IN4OS. The van der Waals surface area contributed by atoms with Crippen LogP contribution in [0, 0.1) is 24.0 Å². The maximum atomic E-state index is 13.3. The Morgan fingerprint density at radius 2 is 1.49 bits per heavy atom. The molecule has 1 aromatic rings. The van der Waals surface area contributed by atoms with Gasteiger partial charge in [0, 0.05) is 77.7 Å². The molecule has 0 bridgehead atoms. The third-order valence-electron chi connectivity index (χ3n) is 4.34. The third kappa shape index (κ3) is 20.3. The van der Waals surface area contributed by atoms with Gasteiger partial charge in [-0.15, -0.1) is 12.8 Å². The summed E-state index contributed by atoms with van der Waals surface area (Å²) < 4.78 is 26.7. The van der Waals surface area contributed by atoms with E-state index in [1.54, 1.807) is 23.2 Å². The highest BCUT2D eigenvalue weighted by Crippen LogP contribution is 2.27. The Kier molecular flexibility index (Phi) is 34.0. The lowest BCUT2D eigenvalue weighted by atomic mass is 10.1. The van der Waals surface area contributed by atoms with Crippen molar-refractivity contribution >= 4 is 47.6 Å². The summed E-state index contributed by atoms with van der Waals surface area (Å²) in [5.41, 5.74) is 0.724. The van der Waals surface area contributed by atoms with Gasteiger partial charge in [-0.05, 0) is 33.2 Å². The van der Waals surface area contributed by atoms with E-state index >= 15 is 0 Å². The summed E-state index contributed by atoms with van der Waals surface area (Å²) in [4.78, 5) is 20.4. The van der Waals surface area contributed by atoms with E-state index in [-0.39, 0.29) is 11.5 Å². The average Bonchev–Trinajstić information content (AvgIpc) is 3.01. The second-order valence-electron chi connectivity index (χ2n) is 6.43. The van der Waals surface area contributed by atoms with Crippen LogP contribution in [-0.2, 0) is 10.7 Å². The quantitative estimate of drug-likeness (QED) is 0.147. The normalized spacial score (nSPS) is 12.0. The second kappa shape index (κ2) is 30.3. The van der Waals surface area contributed by atoms with Gasteiger partial charge < -0.3 is 15.1 Å². The highest BCUT2D eigenvalue weighted by atomic mass is 127. The third-order valence-corrected chi connectivity index (χ3v) is 5.18. The largest absolute Gasteiger partial charge is 0.378 e. The lowest BCUT2D eigenvalue weighted by Gasteiger charge is -2.35. The molecule has 0 radical (unpaired) electrons. The fourth-order valence-electron chi connectivity index (χ4n) is 2.77. The zero-order chi connectivity index (χ0) is 31.3. The Hall–Kier alpha value is -2.24. The van der Waals surface area contributed by atoms with E-state index in [0.717, 1.165) is 18.4 Å². The number of halogens is 3. The molecule has 1 aliphatic heterocycles. The minimum absolute atomic E-state index is 0.0179. The lowest BCUT2D eigenvalue weighted by molar-refractivity contribution is -0.126. The number of amidine groups is 1. The van der Waals surface area contributed by atoms with Crippen LogP contribution in [0.4, 0.5) is 14.5 Å². The number of hydrogen-bond donors (Lipinski definition) is 1. The van der Waals surface area contributed by atoms with Crippen molar-refractivity contribution in [3.05, 3.63) is 42.1 Å². The number of aliphatic imine (C=N–C) groups is 1. The van der Waals surface area contributed by atoms with Gasteiger partial charge in [0.05, 0.1) is 6.54 Å². The predicted molar refractivity (Wildman–Crippen MR) is 180 cm³/mol. The molecule has 1 amide bonds. The molecule has 1 fully saturated rings. The number of carbonyl (C=O) groups is 1. The topological polar surface area (TPSA) is 47.9 Å². The highest BCUT2D eigenvalue weighted by Gasteiger charge is 2.24. The summed E-state index contributed by atoms with van der Waals surface area (Å²) >= 11 is 2.03. The van der Waals surface area contributed by atoms with E-state index < -0.39 is 5.92 Å². The summed E-state index contributed by atoms with van der Waals surface area (Å²) in [7, 11) is 1.29. The van der Waals surface area contributed by atoms with Gasteiger partial charge in [0.1, 0.15) is 5.84 Å². The Balaban J connectivity index is -0.000000549. The predicted octanol–water partition coefficient (Wildman–Crippen LogP) is 8.68. The number of anilines is 1. The van der Waals surface area contributed by atoms with Crippen LogP contribution in [0.25, 0.3) is 0 Å². The van der Waals surface area contributed by atoms with Crippen molar-refractivity contribution in [2.75, 3.05) is 38.0 Å². The number of allylic oxidation sites excluding steroid dienone is 1. The molecule has 222 valence electrons. The van der Waals surface area contributed by atoms with Gasteiger partial charge in [0.25, 0.3) is 11.8 Å². The van der Waals surface area contributed by atoms with Crippen molar-refractivity contribution in [2.45, 2.75) is 75.2 Å². The molecule has 1 aliphatic rings. The number of piperazine rings is 1. The number of carbonyl (C=O) groups excluding carboxylic acids is 1. The summed E-state index contributed by atoms with van der Waals surface area (Å²) in [6, 6.07) is 6.12. The molecule has 0 spiro atoms. The van der Waals surface area contributed by atoms with Crippen molar-refractivity contribution in [1.82, 2.24) is 9.80 Å². The van der Waals surface area contributed by atoms with Crippen LogP contribution in [0.2, 0.25) is 0 Å². The van der Waals surface area contributed by atoms with Gasteiger partial charge in [-0.3, -0.25) is 4.79 Å². The Morgan fingerprint density at radius 3 is 1.90 bits per heavy atom. The van der Waals surface area contributed by atoms with Crippen molar-refractivity contribution in [3.63, 3.8) is 0 Å². The van der Waals surface area contributed by atoms with Crippen LogP contribution >= 0.6 is 30.1 Å². The first kappa shape index (κ1) is 43.8. The SMILES string of the molecule is C#C.C/C=C\N=C(CNc1ccc(C(C)(F)F)cc1)N1CCN(C(=O)C#CSI)CC1.CC.CC.CC.CC. The van der Waals surface area contributed by atoms with Crippen LogP contribution in [0.3, 0.4) is 0 Å². The number of nitrogens with one attached hydrogen (secondary N) is 1. The minimum Gasteiger partial charge on any atom is -0.378 e. The van der Waals surface area contributed by atoms with E-state index in [1.165, 1.54) is 21.1 Å². The maximum absolute atomic E-state index is 13.3. The molecular weight excluding hydrogens is 629 g/mol. The van der Waals surface area contributed by atoms with Gasteiger partial charge >= 0.3 is 0 Å². The Labute approximate surface area is 254 Å². The molecule has 0 atom stereocenters.